The molecule has 1 N–H and O–H groups in total. The van der Waals surface area contributed by atoms with Crippen molar-refractivity contribution in [1.82, 2.24) is 5.32 Å². The fraction of sp³-hybridized carbons (Fsp3) is 1.00. The predicted molar refractivity (Wildman–Crippen MR) is 68.4 cm³/mol. The van der Waals surface area contributed by atoms with E-state index in [2.05, 4.69) is 26.1 Å². The van der Waals surface area contributed by atoms with E-state index in [1.165, 1.54) is 0 Å². The highest BCUT2D eigenvalue weighted by Crippen LogP contribution is 2.41. The molecule has 0 radical (unpaired) electrons. The lowest BCUT2D eigenvalue weighted by molar-refractivity contribution is 0.00287. The molecule has 0 heterocycles. The predicted octanol–water partition coefficient (Wildman–Crippen LogP) is 4.23. The SMILES string of the molecule is CCCNC(CC(C)CC)C1CCC(F)(F)C1. The van der Waals surface area contributed by atoms with Crippen LogP contribution in [0.1, 0.15) is 59.3 Å². The maximum absolute atomic E-state index is 13.3. The van der Waals surface area contributed by atoms with E-state index in [-0.39, 0.29) is 18.8 Å². The minimum Gasteiger partial charge on any atom is -0.314 e. The third-order valence-corrected chi connectivity index (χ3v) is 4.02. The monoisotopic (exact) mass is 247 g/mol. The molecule has 102 valence electrons. The first-order valence-electron chi connectivity index (χ1n) is 7.09. The first-order chi connectivity index (χ1) is 7.98. The molecule has 1 aliphatic rings. The Bertz CT molecular complexity index is 218. The lowest BCUT2D eigenvalue weighted by atomic mass is 9.89. The lowest BCUT2D eigenvalue weighted by Gasteiger charge is -2.27. The largest absolute Gasteiger partial charge is 0.314 e. The molecule has 1 aliphatic carbocycles. The molecular formula is C14H27F2N. The van der Waals surface area contributed by atoms with Crippen molar-refractivity contribution in [3.63, 3.8) is 0 Å². The highest BCUT2D eigenvalue weighted by Gasteiger charge is 2.42. The Morgan fingerprint density at radius 3 is 2.53 bits per heavy atom. The molecule has 0 aromatic heterocycles. The molecule has 0 aromatic carbocycles. The molecule has 17 heavy (non-hydrogen) atoms. The minimum atomic E-state index is -2.41. The van der Waals surface area contributed by atoms with Gasteiger partial charge in [0.2, 0.25) is 5.92 Å². The van der Waals surface area contributed by atoms with Gasteiger partial charge in [-0.15, -0.1) is 0 Å². The third-order valence-electron chi connectivity index (χ3n) is 4.02. The topological polar surface area (TPSA) is 12.0 Å². The number of nitrogens with one attached hydrogen (secondary N) is 1. The summed E-state index contributed by atoms with van der Waals surface area (Å²) in [5, 5.41) is 3.48. The summed E-state index contributed by atoms with van der Waals surface area (Å²) >= 11 is 0. The fourth-order valence-electron chi connectivity index (χ4n) is 2.70. The summed E-state index contributed by atoms with van der Waals surface area (Å²) in [6.45, 7) is 7.46. The first kappa shape index (κ1) is 14.9. The zero-order chi connectivity index (χ0) is 12.9. The van der Waals surface area contributed by atoms with Crippen molar-refractivity contribution in [3.05, 3.63) is 0 Å². The van der Waals surface area contributed by atoms with E-state index in [4.69, 9.17) is 0 Å². The number of hydrogen-bond acceptors (Lipinski definition) is 1. The maximum atomic E-state index is 13.3. The van der Waals surface area contributed by atoms with Crippen LogP contribution in [0.4, 0.5) is 8.78 Å². The molecule has 1 nitrogen and oxygen atoms in total. The molecule has 1 fully saturated rings. The van der Waals surface area contributed by atoms with Crippen LogP contribution in [0.3, 0.4) is 0 Å². The Balaban J connectivity index is 2.50. The van der Waals surface area contributed by atoms with E-state index >= 15 is 0 Å². The van der Waals surface area contributed by atoms with Crippen molar-refractivity contribution >= 4 is 0 Å². The van der Waals surface area contributed by atoms with Gasteiger partial charge in [0.25, 0.3) is 0 Å². The van der Waals surface area contributed by atoms with Crippen LogP contribution < -0.4 is 5.32 Å². The second kappa shape index (κ2) is 6.67. The molecule has 0 saturated heterocycles. The standard InChI is InChI=1S/C14H27F2N/c1-4-8-17-13(9-11(3)5-2)12-6-7-14(15,16)10-12/h11-13,17H,4-10H2,1-3H3. The minimum absolute atomic E-state index is 0.0858. The van der Waals surface area contributed by atoms with Crippen molar-refractivity contribution in [2.45, 2.75) is 71.3 Å². The van der Waals surface area contributed by atoms with Crippen molar-refractivity contribution in [2.75, 3.05) is 6.54 Å². The molecule has 0 amide bonds. The second-order valence-corrected chi connectivity index (χ2v) is 5.67. The highest BCUT2D eigenvalue weighted by molar-refractivity contribution is 4.89. The van der Waals surface area contributed by atoms with E-state index in [9.17, 15) is 8.78 Å². The van der Waals surface area contributed by atoms with Gasteiger partial charge < -0.3 is 5.32 Å². The van der Waals surface area contributed by atoms with Crippen LogP contribution in [0, 0.1) is 11.8 Å². The van der Waals surface area contributed by atoms with Gasteiger partial charge in [-0.05, 0) is 37.6 Å². The Morgan fingerprint density at radius 1 is 1.35 bits per heavy atom. The zero-order valence-corrected chi connectivity index (χ0v) is 11.4. The van der Waals surface area contributed by atoms with E-state index in [1.807, 2.05) is 0 Å². The van der Waals surface area contributed by atoms with Crippen molar-refractivity contribution in [2.24, 2.45) is 11.8 Å². The summed E-state index contributed by atoms with van der Waals surface area (Å²) < 4.78 is 26.5. The van der Waals surface area contributed by atoms with Gasteiger partial charge in [-0.25, -0.2) is 8.78 Å². The van der Waals surface area contributed by atoms with Gasteiger partial charge in [0.05, 0.1) is 0 Å². The van der Waals surface area contributed by atoms with Gasteiger partial charge >= 0.3 is 0 Å². The molecule has 1 saturated carbocycles. The van der Waals surface area contributed by atoms with E-state index in [0.717, 1.165) is 25.8 Å². The number of halogens is 2. The van der Waals surface area contributed by atoms with Crippen LogP contribution in [0.15, 0.2) is 0 Å². The van der Waals surface area contributed by atoms with Crippen LogP contribution in [-0.4, -0.2) is 18.5 Å². The summed E-state index contributed by atoms with van der Waals surface area (Å²) in [4.78, 5) is 0. The summed E-state index contributed by atoms with van der Waals surface area (Å²) in [7, 11) is 0. The fourth-order valence-corrected chi connectivity index (χ4v) is 2.70. The highest BCUT2D eigenvalue weighted by atomic mass is 19.3. The third kappa shape index (κ3) is 4.90. The quantitative estimate of drug-likeness (QED) is 0.710. The van der Waals surface area contributed by atoms with Gasteiger partial charge in [0.1, 0.15) is 0 Å². The van der Waals surface area contributed by atoms with Gasteiger partial charge in [-0.1, -0.05) is 27.2 Å². The van der Waals surface area contributed by atoms with Crippen LogP contribution >= 0.6 is 0 Å². The Labute approximate surface area is 104 Å². The van der Waals surface area contributed by atoms with E-state index in [0.29, 0.717) is 18.4 Å². The maximum Gasteiger partial charge on any atom is 0.248 e. The Kier molecular flexibility index (Phi) is 5.84. The van der Waals surface area contributed by atoms with Crippen molar-refractivity contribution in [1.29, 1.82) is 0 Å². The molecule has 3 unspecified atom stereocenters. The summed E-state index contributed by atoms with van der Waals surface area (Å²) in [5.41, 5.74) is 0. The Morgan fingerprint density at radius 2 is 2.06 bits per heavy atom. The number of hydrogen-bond donors (Lipinski definition) is 1. The van der Waals surface area contributed by atoms with Crippen LogP contribution in [-0.2, 0) is 0 Å². The van der Waals surface area contributed by atoms with E-state index < -0.39 is 5.92 Å². The molecular weight excluding hydrogens is 220 g/mol. The molecule has 0 spiro atoms. The summed E-state index contributed by atoms with van der Waals surface area (Å²) in [5.74, 6) is -1.61. The number of alkyl halides is 2. The number of rotatable bonds is 7. The lowest BCUT2D eigenvalue weighted by Crippen LogP contribution is -2.37. The molecule has 0 bridgehead atoms. The smallest absolute Gasteiger partial charge is 0.248 e. The first-order valence-corrected chi connectivity index (χ1v) is 7.09. The Hall–Kier alpha value is -0.180. The molecule has 0 aromatic rings. The van der Waals surface area contributed by atoms with Crippen LogP contribution in [0.25, 0.3) is 0 Å². The van der Waals surface area contributed by atoms with Crippen molar-refractivity contribution in [3.8, 4) is 0 Å². The molecule has 0 aliphatic heterocycles. The average molecular weight is 247 g/mol. The summed E-state index contributed by atoms with van der Waals surface area (Å²) in [6.07, 6.45) is 4.10. The van der Waals surface area contributed by atoms with Gasteiger partial charge in [0.15, 0.2) is 0 Å². The molecule has 3 atom stereocenters. The van der Waals surface area contributed by atoms with Crippen LogP contribution in [0.5, 0.6) is 0 Å². The zero-order valence-electron chi connectivity index (χ0n) is 11.4. The van der Waals surface area contributed by atoms with E-state index in [1.54, 1.807) is 0 Å². The second-order valence-electron chi connectivity index (χ2n) is 5.67. The normalized spacial score (nSPS) is 27.0. The van der Waals surface area contributed by atoms with Gasteiger partial charge in [-0.2, -0.15) is 0 Å². The molecule has 1 rings (SSSR count). The molecule has 3 heteroatoms. The van der Waals surface area contributed by atoms with Gasteiger partial charge in [-0.3, -0.25) is 0 Å². The summed E-state index contributed by atoms with van der Waals surface area (Å²) in [6, 6.07) is 0.290. The average Bonchev–Trinajstić information content (AvgIpc) is 2.64. The van der Waals surface area contributed by atoms with Gasteiger partial charge in [0, 0.05) is 18.9 Å². The van der Waals surface area contributed by atoms with Crippen LogP contribution in [0.2, 0.25) is 0 Å². The van der Waals surface area contributed by atoms with Crippen molar-refractivity contribution < 1.29 is 8.78 Å².